The van der Waals surface area contributed by atoms with Crippen molar-refractivity contribution in [3.8, 4) is 0 Å². The van der Waals surface area contributed by atoms with E-state index in [0.717, 1.165) is 0 Å². The van der Waals surface area contributed by atoms with Gasteiger partial charge >= 0.3 is 17.6 Å². The smallest absolute Gasteiger partial charge is 0.756 e. The predicted molar refractivity (Wildman–Crippen MR) is 40.5 cm³/mol. The van der Waals surface area contributed by atoms with Crippen molar-refractivity contribution >= 4 is 48.9 Å². The van der Waals surface area contributed by atoms with E-state index in [1.807, 2.05) is 0 Å². The fourth-order valence-electron chi connectivity index (χ4n) is 0.550. The van der Waals surface area contributed by atoms with Gasteiger partial charge in [-0.1, -0.05) is 0 Å². The number of phosphoric acid groups is 4. The van der Waals surface area contributed by atoms with Gasteiger partial charge in [0.2, 0.25) is 0 Å². The van der Waals surface area contributed by atoms with Gasteiger partial charge < -0.3 is 19.6 Å². The number of hydrogen-bond donors (Lipinski definition) is 0. The van der Waals surface area contributed by atoms with Gasteiger partial charge in [-0.2, -0.15) is 0 Å². The van der Waals surface area contributed by atoms with Crippen molar-refractivity contribution in [2.75, 3.05) is 0 Å². The molecule has 0 unspecified atom stereocenters. The number of rotatable bonds is 0. The Labute approximate surface area is 104 Å². The molecule has 0 atom stereocenters. The molecule has 1 heterocycles. The minimum absolute atomic E-state index is 0. The maximum absolute atomic E-state index is 10.6. The molecule has 1 aliphatic heterocycles. The van der Waals surface area contributed by atoms with Gasteiger partial charge in [0.15, 0.2) is 0 Å². The van der Waals surface area contributed by atoms with Crippen molar-refractivity contribution in [3.05, 3.63) is 0 Å². The quantitative estimate of drug-likeness (QED) is 0.314. The van der Waals surface area contributed by atoms with E-state index in [9.17, 15) is 37.8 Å². The first-order valence-electron chi connectivity index (χ1n) is 2.92. The van der Waals surface area contributed by atoms with Crippen LogP contribution in [0.4, 0.5) is 0 Å². The Morgan fingerprint density at radius 1 is 0.529 bits per heavy atom. The Kier molecular flexibility index (Phi) is 5.61. The van der Waals surface area contributed by atoms with Crippen LogP contribution in [0, 0.1) is 0 Å². The first-order chi connectivity index (χ1) is 6.83. The van der Waals surface area contributed by atoms with Gasteiger partial charge in [0.1, 0.15) is 0 Å². The van der Waals surface area contributed by atoms with E-state index < -0.39 is 31.3 Å². The minimum atomic E-state index is -5.87. The third-order valence-corrected chi connectivity index (χ3v) is 7.20. The zero-order valence-electron chi connectivity index (χ0n) is 7.19. The number of hydrogen-bond acceptors (Lipinski definition) is 12. The molecule has 1 saturated heterocycles. The summed E-state index contributed by atoms with van der Waals surface area (Å²) in [4.78, 5) is 42.2. The molecular formula is GeO12P4. The van der Waals surface area contributed by atoms with E-state index >= 15 is 0 Å². The summed E-state index contributed by atoms with van der Waals surface area (Å²) in [6, 6.07) is 0. The van der Waals surface area contributed by atoms with Crippen LogP contribution < -0.4 is 19.6 Å². The average Bonchev–Trinajstić information content (AvgIpc) is 1.67. The summed E-state index contributed by atoms with van der Waals surface area (Å²) in [5, 5.41) is 0. The van der Waals surface area contributed by atoms with Gasteiger partial charge in [0, 0.05) is 0 Å². The molecule has 0 amide bonds. The summed E-state index contributed by atoms with van der Waals surface area (Å²) in [5.41, 5.74) is 0. The Morgan fingerprint density at radius 2 is 0.647 bits per heavy atom. The zero-order chi connectivity index (χ0) is 12.8. The molecule has 0 saturated carbocycles. The van der Waals surface area contributed by atoms with E-state index in [2.05, 4.69) is 17.2 Å². The minimum Gasteiger partial charge on any atom is -0.756 e. The molecule has 1 fully saturated rings. The molecule has 17 heavy (non-hydrogen) atoms. The fraction of sp³-hybridized carbons (Fsp3) is 0. The van der Waals surface area contributed by atoms with Crippen molar-refractivity contribution in [2.45, 2.75) is 0 Å². The molecule has 0 N–H and O–H groups in total. The van der Waals surface area contributed by atoms with Crippen LogP contribution in [0.25, 0.3) is 0 Å². The van der Waals surface area contributed by atoms with Gasteiger partial charge in [-0.05, 0) is 0 Å². The molecule has 0 radical (unpaired) electrons. The van der Waals surface area contributed by atoms with Crippen LogP contribution in [0.15, 0.2) is 0 Å². The molecule has 0 spiro atoms. The Morgan fingerprint density at radius 3 is 0.765 bits per heavy atom. The van der Waals surface area contributed by atoms with Crippen molar-refractivity contribution in [1.82, 2.24) is 0 Å². The summed E-state index contributed by atoms with van der Waals surface area (Å²) < 4.78 is 54.5. The summed E-state index contributed by atoms with van der Waals surface area (Å²) in [6.45, 7) is 0. The molecular weight excluding hydrogens is 388 g/mol. The second-order valence-electron chi connectivity index (χ2n) is 2.12. The van der Waals surface area contributed by atoms with Crippen molar-refractivity contribution in [3.63, 3.8) is 0 Å². The van der Waals surface area contributed by atoms with Gasteiger partial charge in [-0.15, -0.1) is 0 Å². The first-order valence-corrected chi connectivity index (χ1v) is 8.76. The van der Waals surface area contributed by atoms with Crippen molar-refractivity contribution in [2.24, 2.45) is 0 Å². The van der Waals surface area contributed by atoms with E-state index in [1.165, 1.54) is 0 Å². The molecule has 96 valence electrons. The Balaban J connectivity index is 0.00000256. The molecule has 1 aliphatic rings. The molecule has 0 bridgehead atoms. The standard InChI is InChI=1S/Ge.H4O12P4/c;1-13(2)9-14(3,4)11-16(7,8)12-15(5,6)10-13/h;(H,1,2)(H,3,4)(H,5,6)(H,7,8)/q+4;/p-4. The van der Waals surface area contributed by atoms with Crippen LogP contribution in [-0.4, -0.2) is 17.6 Å². The average molecular weight is 388 g/mol. The molecule has 0 aliphatic carbocycles. The van der Waals surface area contributed by atoms with E-state index in [0.29, 0.717) is 0 Å². The fourth-order valence-corrected chi connectivity index (χ4v) is 6.02. The van der Waals surface area contributed by atoms with Gasteiger partial charge in [-0.25, -0.2) is 17.2 Å². The maximum atomic E-state index is 10.6. The second kappa shape index (κ2) is 5.26. The second-order valence-corrected chi connectivity index (χ2v) is 8.31. The summed E-state index contributed by atoms with van der Waals surface area (Å²) in [6.07, 6.45) is 0. The predicted octanol–water partition coefficient (Wildman–Crippen LogP) is -2.44. The van der Waals surface area contributed by atoms with E-state index in [4.69, 9.17) is 0 Å². The van der Waals surface area contributed by atoms with Gasteiger partial charge in [0.25, 0.3) is 31.3 Å². The first kappa shape index (κ1) is 18.1. The Hall–Kier alpha value is 1.14. The third-order valence-electron chi connectivity index (χ3n) is 0.800. The third kappa shape index (κ3) is 6.22. The van der Waals surface area contributed by atoms with Crippen molar-refractivity contribution < 1.29 is 55.1 Å². The zero-order valence-corrected chi connectivity index (χ0v) is 12.9. The van der Waals surface area contributed by atoms with Crippen LogP contribution in [-0.2, 0) is 35.5 Å². The molecule has 12 nitrogen and oxygen atoms in total. The van der Waals surface area contributed by atoms with E-state index in [1.54, 1.807) is 0 Å². The van der Waals surface area contributed by atoms with Crippen LogP contribution in [0.3, 0.4) is 0 Å². The molecule has 0 aromatic carbocycles. The van der Waals surface area contributed by atoms with E-state index in [-0.39, 0.29) is 17.6 Å². The van der Waals surface area contributed by atoms with Crippen LogP contribution in [0.5, 0.6) is 0 Å². The van der Waals surface area contributed by atoms with Crippen molar-refractivity contribution in [1.29, 1.82) is 0 Å². The summed E-state index contributed by atoms with van der Waals surface area (Å²) in [7, 11) is -23.5. The normalized spacial score (nSPS) is 52.0. The topological polar surface area (TPSA) is 197 Å². The summed E-state index contributed by atoms with van der Waals surface area (Å²) in [5.74, 6) is 0. The largest absolute Gasteiger partial charge is 4.00 e. The molecule has 17 heteroatoms. The molecule has 1 rings (SSSR count). The van der Waals surface area contributed by atoms with Gasteiger partial charge in [0.05, 0.1) is 0 Å². The maximum Gasteiger partial charge on any atom is 4.00 e. The van der Waals surface area contributed by atoms with Crippen LogP contribution >= 0.6 is 31.3 Å². The molecule has 0 aromatic heterocycles. The molecule has 0 aromatic rings. The van der Waals surface area contributed by atoms with Gasteiger partial charge in [-0.3, -0.25) is 18.3 Å². The van der Waals surface area contributed by atoms with Crippen LogP contribution in [0.1, 0.15) is 0 Å². The summed E-state index contributed by atoms with van der Waals surface area (Å²) >= 11 is 0. The SMILES string of the molecule is O=P1([O-])OP(=O)([O-])OP(=O)([O-])OP(=O)([O-])O1.[Ge+4]. The Bertz CT molecular complexity index is 363. The monoisotopic (exact) mass is 390 g/mol. The van der Waals surface area contributed by atoms with Crippen LogP contribution in [0.2, 0.25) is 0 Å².